The molecule has 24 heavy (non-hydrogen) atoms. The predicted molar refractivity (Wildman–Crippen MR) is 102 cm³/mol. The molecule has 3 fully saturated rings. The molecule has 1 saturated carbocycles. The Morgan fingerprint density at radius 1 is 1.08 bits per heavy atom. The maximum absolute atomic E-state index is 3.57. The Hall–Kier alpha value is -0.160. The van der Waals surface area contributed by atoms with E-state index in [0.29, 0.717) is 5.41 Å². The smallest absolute Gasteiger partial charge is 0.0120 e. The minimum Gasteiger partial charge on any atom is -0.318 e. The second kappa shape index (κ2) is 8.48. The van der Waals surface area contributed by atoms with Crippen molar-refractivity contribution < 1.29 is 0 Å². The minimum absolute atomic E-state index is 0.710. The van der Waals surface area contributed by atoms with E-state index in [1.807, 2.05) is 7.05 Å². The third-order valence-electron chi connectivity index (χ3n) is 6.40. The molecule has 3 aliphatic rings. The fraction of sp³-hybridized carbons (Fsp3) is 1.00. The van der Waals surface area contributed by atoms with Crippen molar-refractivity contribution in [1.82, 2.24) is 20.4 Å². The summed E-state index contributed by atoms with van der Waals surface area (Å²) in [7, 11) is 2.02. The molecule has 0 amide bonds. The molecule has 0 aromatic carbocycles. The van der Waals surface area contributed by atoms with Gasteiger partial charge in [0.2, 0.25) is 0 Å². The monoisotopic (exact) mass is 336 g/mol. The first kappa shape index (κ1) is 18.6. The van der Waals surface area contributed by atoms with Gasteiger partial charge in [-0.3, -0.25) is 4.90 Å². The molecule has 2 heterocycles. The molecule has 4 heteroatoms. The molecule has 2 aliphatic heterocycles. The number of hydrogen-bond donors (Lipinski definition) is 2. The van der Waals surface area contributed by atoms with Crippen LogP contribution in [0.25, 0.3) is 0 Å². The summed E-state index contributed by atoms with van der Waals surface area (Å²) in [4.78, 5) is 5.53. The Balaban J connectivity index is 1.28. The van der Waals surface area contributed by atoms with Gasteiger partial charge in [-0.1, -0.05) is 13.8 Å². The number of hydrogen-bond acceptors (Lipinski definition) is 4. The third kappa shape index (κ3) is 5.17. The molecule has 0 radical (unpaired) electrons. The zero-order valence-electron chi connectivity index (χ0n) is 16.3. The highest BCUT2D eigenvalue weighted by Gasteiger charge is 2.44. The van der Waals surface area contributed by atoms with Crippen molar-refractivity contribution in [2.24, 2.45) is 17.3 Å². The summed E-state index contributed by atoms with van der Waals surface area (Å²) in [6.07, 6.45) is 7.22. The van der Waals surface area contributed by atoms with Crippen molar-refractivity contribution in [2.45, 2.75) is 52.0 Å². The minimum atomic E-state index is 0.710. The van der Waals surface area contributed by atoms with Crippen LogP contribution >= 0.6 is 0 Å². The topological polar surface area (TPSA) is 30.5 Å². The zero-order chi connectivity index (χ0) is 17.0. The Morgan fingerprint density at radius 2 is 1.79 bits per heavy atom. The van der Waals surface area contributed by atoms with Gasteiger partial charge in [0.15, 0.2) is 0 Å². The predicted octanol–water partition coefficient (Wildman–Crippen LogP) is 2.02. The fourth-order valence-corrected chi connectivity index (χ4v) is 4.94. The molecule has 3 rings (SSSR count). The first-order chi connectivity index (χ1) is 11.6. The van der Waals surface area contributed by atoms with Crippen LogP contribution in [0.1, 0.15) is 46.0 Å². The average molecular weight is 337 g/mol. The quantitative estimate of drug-likeness (QED) is 0.598. The summed E-state index contributed by atoms with van der Waals surface area (Å²) in [5.41, 5.74) is 0.710. The van der Waals surface area contributed by atoms with Crippen molar-refractivity contribution >= 4 is 0 Å². The summed E-state index contributed by atoms with van der Waals surface area (Å²) in [5, 5.41) is 6.76. The average Bonchev–Trinajstić information content (AvgIpc) is 3.25. The van der Waals surface area contributed by atoms with Gasteiger partial charge in [0, 0.05) is 45.3 Å². The van der Waals surface area contributed by atoms with Gasteiger partial charge in [-0.05, 0) is 69.5 Å². The van der Waals surface area contributed by atoms with Gasteiger partial charge >= 0.3 is 0 Å². The largest absolute Gasteiger partial charge is 0.318 e. The lowest BCUT2D eigenvalue weighted by molar-refractivity contribution is 0.0159. The second-order valence-corrected chi connectivity index (χ2v) is 9.23. The molecule has 0 unspecified atom stereocenters. The van der Waals surface area contributed by atoms with Gasteiger partial charge in [-0.2, -0.15) is 0 Å². The maximum atomic E-state index is 3.57. The van der Waals surface area contributed by atoms with E-state index in [2.05, 4.69) is 34.3 Å². The number of rotatable bonds is 10. The van der Waals surface area contributed by atoms with Crippen LogP contribution in [0.5, 0.6) is 0 Å². The maximum Gasteiger partial charge on any atom is 0.0120 e. The summed E-state index contributed by atoms with van der Waals surface area (Å²) < 4.78 is 0. The Labute approximate surface area is 149 Å². The molecule has 140 valence electrons. The highest BCUT2D eigenvalue weighted by Crippen LogP contribution is 2.51. The summed E-state index contributed by atoms with van der Waals surface area (Å²) in [5.74, 6) is 1.76. The first-order valence-corrected chi connectivity index (χ1v) is 10.4. The SMILES string of the molecule is CNCCNCC1CN(C2CCN(CC3(CC(C)C)CC3)CC2)C1. The molecular weight excluding hydrogens is 296 g/mol. The van der Waals surface area contributed by atoms with Gasteiger partial charge in [0.1, 0.15) is 0 Å². The summed E-state index contributed by atoms with van der Waals surface area (Å²) in [6.45, 7) is 14.9. The Bertz CT molecular complexity index is 366. The molecule has 0 spiro atoms. The Kier molecular flexibility index (Phi) is 6.58. The van der Waals surface area contributed by atoms with E-state index < -0.39 is 0 Å². The van der Waals surface area contributed by atoms with E-state index in [4.69, 9.17) is 0 Å². The van der Waals surface area contributed by atoms with E-state index in [1.54, 1.807) is 0 Å². The van der Waals surface area contributed by atoms with E-state index in [0.717, 1.165) is 31.0 Å². The van der Waals surface area contributed by atoms with Crippen molar-refractivity contribution in [3.8, 4) is 0 Å². The van der Waals surface area contributed by atoms with Gasteiger partial charge in [-0.15, -0.1) is 0 Å². The standard InChI is InChI=1S/C20H40N4/c1-17(2)12-20(6-7-20)16-23-10-4-19(5-11-23)24-14-18(15-24)13-22-9-8-21-3/h17-19,21-22H,4-16H2,1-3H3. The third-order valence-corrected chi connectivity index (χ3v) is 6.40. The van der Waals surface area contributed by atoms with Gasteiger partial charge < -0.3 is 15.5 Å². The van der Waals surface area contributed by atoms with Crippen LogP contribution in [0, 0.1) is 17.3 Å². The lowest BCUT2D eigenvalue weighted by Gasteiger charge is -2.47. The van der Waals surface area contributed by atoms with Crippen LogP contribution in [-0.2, 0) is 0 Å². The fourth-order valence-electron chi connectivity index (χ4n) is 4.94. The zero-order valence-corrected chi connectivity index (χ0v) is 16.3. The molecule has 4 nitrogen and oxygen atoms in total. The van der Waals surface area contributed by atoms with Gasteiger partial charge in [-0.25, -0.2) is 0 Å². The lowest BCUT2D eigenvalue weighted by atomic mass is 9.91. The highest BCUT2D eigenvalue weighted by molar-refractivity contribution is 4.97. The lowest BCUT2D eigenvalue weighted by Crippen LogP contribution is -2.57. The van der Waals surface area contributed by atoms with Crippen molar-refractivity contribution in [1.29, 1.82) is 0 Å². The van der Waals surface area contributed by atoms with Crippen LogP contribution < -0.4 is 10.6 Å². The van der Waals surface area contributed by atoms with E-state index in [1.165, 1.54) is 71.4 Å². The van der Waals surface area contributed by atoms with Crippen molar-refractivity contribution in [3.63, 3.8) is 0 Å². The van der Waals surface area contributed by atoms with Crippen LogP contribution in [0.2, 0.25) is 0 Å². The number of nitrogens with one attached hydrogen (secondary N) is 2. The molecule has 0 bridgehead atoms. The number of likely N-dealkylation sites (tertiary alicyclic amines) is 2. The highest BCUT2D eigenvalue weighted by atomic mass is 15.2. The first-order valence-electron chi connectivity index (χ1n) is 10.4. The Morgan fingerprint density at radius 3 is 2.38 bits per heavy atom. The molecule has 1 aliphatic carbocycles. The van der Waals surface area contributed by atoms with Crippen molar-refractivity contribution in [3.05, 3.63) is 0 Å². The van der Waals surface area contributed by atoms with Crippen LogP contribution in [-0.4, -0.2) is 75.2 Å². The van der Waals surface area contributed by atoms with Gasteiger partial charge in [0.05, 0.1) is 0 Å². The van der Waals surface area contributed by atoms with E-state index in [9.17, 15) is 0 Å². The van der Waals surface area contributed by atoms with Crippen LogP contribution in [0.4, 0.5) is 0 Å². The summed E-state index contributed by atoms with van der Waals surface area (Å²) >= 11 is 0. The molecule has 0 aromatic heterocycles. The van der Waals surface area contributed by atoms with Crippen molar-refractivity contribution in [2.75, 3.05) is 59.4 Å². The van der Waals surface area contributed by atoms with Gasteiger partial charge in [0.25, 0.3) is 0 Å². The van der Waals surface area contributed by atoms with Crippen LogP contribution in [0.15, 0.2) is 0 Å². The molecule has 0 atom stereocenters. The van der Waals surface area contributed by atoms with E-state index >= 15 is 0 Å². The number of piperidine rings is 1. The number of nitrogens with zero attached hydrogens (tertiary/aromatic N) is 2. The van der Waals surface area contributed by atoms with Crippen LogP contribution in [0.3, 0.4) is 0 Å². The second-order valence-electron chi connectivity index (χ2n) is 9.23. The molecule has 2 saturated heterocycles. The summed E-state index contributed by atoms with van der Waals surface area (Å²) in [6, 6.07) is 0.870. The number of likely N-dealkylation sites (N-methyl/N-ethyl adjacent to an activating group) is 1. The molecule has 0 aromatic rings. The molecule has 2 N–H and O–H groups in total. The molecular formula is C20H40N4. The van der Waals surface area contributed by atoms with E-state index in [-0.39, 0.29) is 0 Å². The normalized spacial score (nSPS) is 26.0.